The normalized spacial score (nSPS) is 11.2. The Kier molecular flexibility index (Phi) is 4.22. The van der Waals surface area contributed by atoms with Crippen LogP contribution in [0.2, 0.25) is 0 Å². The van der Waals surface area contributed by atoms with Gasteiger partial charge < -0.3 is 16.8 Å². The Labute approximate surface area is 105 Å². The number of pyridine rings is 1. The molecule has 5 nitrogen and oxygen atoms in total. The Morgan fingerprint density at radius 1 is 1.59 bits per heavy atom. The summed E-state index contributed by atoms with van der Waals surface area (Å²) in [6.07, 6.45) is 3.49. The number of nitrogens with zero attached hydrogens (tertiary/aromatic N) is 1. The summed E-state index contributed by atoms with van der Waals surface area (Å²) in [5.74, 6) is 0.0622. The Balaban J connectivity index is 2.80. The zero-order valence-corrected chi connectivity index (χ0v) is 11.1. The van der Waals surface area contributed by atoms with Crippen LogP contribution in [-0.4, -0.2) is 28.4 Å². The van der Waals surface area contributed by atoms with Gasteiger partial charge in [-0.05, 0) is 26.2 Å². The molecule has 0 atom stereocenters. The third-order valence-corrected chi connectivity index (χ3v) is 3.70. The smallest absolute Gasteiger partial charge is 0.250 e. The summed E-state index contributed by atoms with van der Waals surface area (Å²) in [6.45, 7) is 4.98. The number of hydrogen-bond donors (Lipinski definition) is 3. The monoisotopic (exact) mass is 254 g/mol. The Morgan fingerprint density at radius 2 is 2.24 bits per heavy atom. The van der Waals surface area contributed by atoms with Crippen molar-refractivity contribution in [3.05, 3.63) is 17.8 Å². The fourth-order valence-corrected chi connectivity index (χ4v) is 1.37. The molecule has 0 radical (unpaired) electrons. The van der Waals surface area contributed by atoms with Crippen molar-refractivity contribution < 1.29 is 4.79 Å². The van der Waals surface area contributed by atoms with Crippen LogP contribution in [0.1, 0.15) is 24.2 Å². The lowest BCUT2D eigenvalue weighted by molar-refractivity contribution is 0.100. The number of nitrogen functional groups attached to an aromatic ring is 1. The molecule has 0 saturated heterocycles. The zero-order valence-electron chi connectivity index (χ0n) is 10.3. The predicted molar refractivity (Wildman–Crippen MR) is 73.3 cm³/mol. The first kappa shape index (κ1) is 13.6. The molecule has 1 heterocycles. The lowest BCUT2D eigenvalue weighted by atomic mass is 10.2. The van der Waals surface area contributed by atoms with E-state index < -0.39 is 5.91 Å². The predicted octanol–water partition coefficient (Wildman–Crippen LogP) is 1.32. The Bertz CT molecular complexity index is 420. The topological polar surface area (TPSA) is 94.0 Å². The molecule has 1 rings (SSSR count). The van der Waals surface area contributed by atoms with E-state index in [9.17, 15) is 4.79 Å². The lowest BCUT2D eigenvalue weighted by Gasteiger charge is -2.22. The quantitative estimate of drug-likeness (QED) is 0.736. The maximum Gasteiger partial charge on any atom is 0.250 e. The molecule has 0 aliphatic heterocycles. The molecule has 0 saturated carbocycles. The highest BCUT2D eigenvalue weighted by molar-refractivity contribution is 7.99. The van der Waals surface area contributed by atoms with E-state index in [0.29, 0.717) is 17.1 Å². The van der Waals surface area contributed by atoms with Crippen molar-refractivity contribution >= 4 is 29.2 Å². The van der Waals surface area contributed by atoms with E-state index in [4.69, 9.17) is 11.5 Å². The van der Waals surface area contributed by atoms with E-state index in [0.717, 1.165) is 6.54 Å². The first-order valence-corrected chi connectivity index (χ1v) is 6.42. The summed E-state index contributed by atoms with van der Waals surface area (Å²) >= 11 is 1.75. The van der Waals surface area contributed by atoms with E-state index in [-0.39, 0.29) is 4.75 Å². The molecular formula is C11H18N4OS. The molecule has 1 amide bonds. The second kappa shape index (κ2) is 5.27. The number of rotatable bonds is 5. The fourth-order valence-electron chi connectivity index (χ4n) is 1.15. The highest BCUT2D eigenvalue weighted by Gasteiger charge is 2.16. The lowest BCUT2D eigenvalue weighted by Crippen LogP contribution is -2.26. The number of hydrogen-bond acceptors (Lipinski definition) is 5. The van der Waals surface area contributed by atoms with Crippen molar-refractivity contribution in [1.29, 1.82) is 0 Å². The van der Waals surface area contributed by atoms with E-state index in [1.165, 1.54) is 6.20 Å². The van der Waals surface area contributed by atoms with Crippen LogP contribution in [0.15, 0.2) is 12.3 Å². The van der Waals surface area contributed by atoms with Gasteiger partial charge in [0.15, 0.2) is 0 Å². The van der Waals surface area contributed by atoms with Gasteiger partial charge in [-0.3, -0.25) is 4.79 Å². The molecule has 0 aliphatic rings. The molecule has 0 unspecified atom stereocenters. The van der Waals surface area contributed by atoms with Gasteiger partial charge in [-0.1, -0.05) is 0 Å². The summed E-state index contributed by atoms with van der Waals surface area (Å²) in [7, 11) is 0. The summed E-state index contributed by atoms with van der Waals surface area (Å²) in [4.78, 5) is 15.2. The van der Waals surface area contributed by atoms with Crippen LogP contribution in [0, 0.1) is 0 Å². The first-order chi connectivity index (χ1) is 7.85. The van der Waals surface area contributed by atoms with Crippen LogP contribution in [-0.2, 0) is 0 Å². The van der Waals surface area contributed by atoms with Crippen LogP contribution in [0.4, 0.5) is 11.5 Å². The van der Waals surface area contributed by atoms with Gasteiger partial charge in [0, 0.05) is 11.3 Å². The number of anilines is 2. The van der Waals surface area contributed by atoms with Gasteiger partial charge in [-0.2, -0.15) is 11.8 Å². The second-order valence-corrected chi connectivity index (χ2v) is 5.85. The minimum absolute atomic E-state index is 0.0932. The number of thioether (sulfide) groups is 1. The van der Waals surface area contributed by atoms with Gasteiger partial charge in [-0.25, -0.2) is 4.98 Å². The Hall–Kier alpha value is -1.43. The number of nitrogens with one attached hydrogen (secondary N) is 1. The third kappa shape index (κ3) is 3.81. The number of carbonyl (C=O) groups excluding carboxylic acids is 1. The molecule has 1 aromatic rings. The second-order valence-electron chi connectivity index (χ2n) is 4.34. The van der Waals surface area contributed by atoms with Gasteiger partial charge in [0.05, 0.1) is 17.4 Å². The third-order valence-electron chi connectivity index (χ3n) is 2.45. The molecule has 0 spiro atoms. The van der Waals surface area contributed by atoms with Gasteiger partial charge in [0.2, 0.25) is 0 Å². The number of primary amides is 1. The molecule has 17 heavy (non-hydrogen) atoms. The van der Waals surface area contributed by atoms with E-state index >= 15 is 0 Å². The van der Waals surface area contributed by atoms with Crippen molar-refractivity contribution in [2.75, 3.05) is 23.9 Å². The minimum atomic E-state index is -0.544. The van der Waals surface area contributed by atoms with Crippen molar-refractivity contribution in [3.63, 3.8) is 0 Å². The number of aromatic nitrogens is 1. The molecule has 0 bridgehead atoms. The minimum Gasteiger partial charge on any atom is -0.397 e. The summed E-state index contributed by atoms with van der Waals surface area (Å²) in [6, 6.07) is 1.58. The van der Waals surface area contributed by atoms with Crippen LogP contribution in [0.5, 0.6) is 0 Å². The van der Waals surface area contributed by atoms with Gasteiger partial charge in [-0.15, -0.1) is 0 Å². The van der Waals surface area contributed by atoms with E-state index in [1.807, 2.05) is 6.26 Å². The van der Waals surface area contributed by atoms with Crippen molar-refractivity contribution in [2.45, 2.75) is 18.6 Å². The SMILES string of the molecule is CSC(C)(C)CNc1cc(C(N)=O)c(N)cn1. The first-order valence-electron chi connectivity index (χ1n) is 5.20. The number of nitrogens with two attached hydrogens (primary N) is 2. The van der Waals surface area contributed by atoms with Crippen LogP contribution < -0.4 is 16.8 Å². The summed E-state index contributed by atoms with van der Waals surface area (Å²) < 4.78 is 0.0932. The van der Waals surface area contributed by atoms with Crippen molar-refractivity contribution in [1.82, 2.24) is 4.98 Å². The summed E-state index contributed by atoms with van der Waals surface area (Å²) in [5.41, 5.74) is 11.4. The maximum atomic E-state index is 11.1. The largest absolute Gasteiger partial charge is 0.397 e. The van der Waals surface area contributed by atoms with Crippen LogP contribution >= 0.6 is 11.8 Å². The van der Waals surface area contributed by atoms with Crippen molar-refractivity contribution in [3.8, 4) is 0 Å². The molecule has 6 heteroatoms. The molecule has 1 aromatic heterocycles. The molecule has 94 valence electrons. The number of amides is 1. The average molecular weight is 254 g/mol. The van der Waals surface area contributed by atoms with Crippen molar-refractivity contribution in [2.24, 2.45) is 5.73 Å². The number of carbonyl (C=O) groups is 1. The van der Waals surface area contributed by atoms with Gasteiger partial charge in [0.1, 0.15) is 5.82 Å². The highest BCUT2D eigenvalue weighted by atomic mass is 32.2. The van der Waals surface area contributed by atoms with E-state index in [2.05, 4.69) is 24.1 Å². The fraction of sp³-hybridized carbons (Fsp3) is 0.455. The van der Waals surface area contributed by atoms with E-state index in [1.54, 1.807) is 17.8 Å². The molecule has 0 fully saturated rings. The molecule has 5 N–H and O–H groups in total. The molecular weight excluding hydrogens is 236 g/mol. The van der Waals surface area contributed by atoms with Crippen LogP contribution in [0.3, 0.4) is 0 Å². The molecule has 0 aliphatic carbocycles. The average Bonchev–Trinajstić information content (AvgIpc) is 2.27. The van der Waals surface area contributed by atoms with Crippen LogP contribution in [0.25, 0.3) is 0 Å². The standard InChI is InChI=1S/C11H18N4OS/c1-11(2,17-3)6-15-9-4-7(10(13)16)8(12)5-14-9/h4-5H,6,12H2,1-3H3,(H2,13,16)(H,14,15). The summed E-state index contributed by atoms with van der Waals surface area (Å²) in [5, 5.41) is 3.16. The van der Waals surface area contributed by atoms with Gasteiger partial charge in [0.25, 0.3) is 5.91 Å². The van der Waals surface area contributed by atoms with Gasteiger partial charge >= 0.3 is 0 Å². The zero-order chi connectivity index (χ0) is 13.1. The highest BCUT2D eigenvalue weighted by Crippen LogP contribution is 2.22. The maximum absolute atomic E-state index is 11.1. The Morgan fingerprint density at radius 3 is 2.76 bits per heavy atom. The molecule has 0 aromatic carbocycles.